The first-order chi connectivity index (χ1) is 13.9. The van der Waals surface area contributed by atoms with Gasteiger partial charge in [-0.3, -0.25) is 9.59 Å². The van der Waals surface area contributed by atoms with E-state index in [1.807, 2.05) is 43.5 Å². The maximum absolute atomic E-state index is 13.6. The van der Waals surface area contributed by atoms with Crippen LogP contribution in [0.3, 0.4) is 0 Å². The minimum atomic E-state index is -0.616. The fraction of sp³-hybridized carbons (Fsp3) is 0.0909. The Bertz CT molecular complexity index is 1170. The van der Waals surface area contributed by atoms with Gasteiger partial charge in [0.1, 0.15) is 11.5 Å². The van der Waals surface area contributed by atoms with Gasteiger partial charge >= 0.3 is 0 Å². The Kier molecular flexibility index (Phi) is 4.98. The standard InChI is InChI=1S/C22H16ClFN2O2S/c1-12-5-3-6-17(13(12)2)25-20-19(18-7-4-10-29-18)21(27)26(22(20)28)14-8-9-16(24)15(23)11-14/h3-11,25H,1-2H3. The molecule has 146 valence electrons. The van der Waals surface area contributed by atoms with Crippen molar-refractivity contribution in [3.63, 3.8) is 0 Å². The lowest BCUT2D eigenvalue weighted by atomic mass is 10.1. The van der Waals surface area contributed by atoms with E-state index in [4.69, 9.17) is 11.6 Å². The minimum absolute atomic E-state index is 0.156. The van der Waals surface area contributed by atoms with Gasteiger partial charge in [-0.1, -0.05) is 29.8 Å². The van der Waals surface area contributed by atoms with Gasteiger partial charge in [-0.25, -0.2) is 9.29 Å². The normalized spacial score (nSPS) is 14.1. The first-order valence-corrected chi connectivity index (χ1v) is 10.1. The van der Waals surface area contributed by atoms with E-state index in [2.05, 4.69) is 5.32 Å². The lowest BCUT2D eigenvalue weighted by Gasteiger charge is -2.16. The lowest BCUT2D eigenvalue weighted by molar-refractivity contribution is -0.120. The average Bonchev–Trinajstić information content (AvgIpc) is 3.29. The molecule has 0 aliphatic carbocycles. The van der Waals surface area contributed by atoms with Crippen LogP contribution >= 0.6 is 22.9 Å². The summed E-state index contributed by atoms with van der Waals surface area (Å²) in [6, 6.07) is 13.1. The van der Waals surface area contributed by atoms with Crippen LogP contribution in [0.1, 0.15) is 16.0 Å². The van der Waals surface area contributed by atoms with Crippen LogP contribution in [0.4, 0.5) is 15.8 Å². The van der Waals surface area contributed by atoms with E-state index in [1.54, 1.807) is 6.07 Å². The molecule has 0 radical (unpaired) electrons. The summed E-state index contributed by atoms with van der Waals surface area (Å²) in [7, 11) is 0. The molecule has 0 saturated carbocycles. The Hall–Kier alpha value is -2.96. The molecule has 4 rings (SSSR count). The number of halogens is 2. The molecule has 0 spiro atoms. The monoisotopic (exact) mass is 426 g/mol. The van der Waals surface area contributed by atoms with Crippen molar-refractivity contribution >= 4 is 51.7 Å². The van der Waals surface area contributed by atoms with E-state index < -0.39 is 17.6 Å². The molecule has 2 aromatic carbocycles. The molecule has 0 unspecified atom stereocenters. The third-order valence-electron chi connectivity index (χ3n) is 4.88. The topological polar surface area (TPSA) is 49.4 Å². The molecule has 4 nitrogen and oxygen atoms in total. The summed E-state index contributed by atoms with van der Waals surface area (Å²) in [5, 5.41) is 4.85. The van der Waals surface area contributed by atoms with E-state index in [1.165, 1.54) is 23.5 Å². The number of thiophene rings is 1. The van der Waals surface area contributed by atoms with Gasteiger partial charge in [0.25, 0.3) is 11.8 Å². The maximum atomic E-state index is 13.6. The molecule has 29 heavy (non-hydrogen) atoms. The Balaban J connectivity index is 1.83. The number of anilines is 2. The third-order valence-corrected chi connectivity index (χ3v) is 6.05. The van der Waals surface area contributed by atoms with Crippen LogP contribution in [0.5, 0.6) is 0 Å². The van der Waals surface area contributed by atoms with Crippen LogP contribution in [0.25, 0.3) is 5.57 Å². The van der Waals surface area contributed by atoms with Crippen molar-refractivity contribution in [1.82, 2.24) is 0 Å². The molecule has 0 bridgehead atoms. The highest BCUT2D eigenvalue weighted by Gasteiger charge is 2.41. The summed E-state index contributed by atoms with van der Waals surface area (Å²) in [4.78, 5) is 28.2. The molecule has 1 aromatic heterocycles. The minimum Gasteiger partial charge on any atom is -0.350 e. The van der Waals surface area contributed by atoms with Crippen molar-refractivity contribution in [3.8, 4) is 0 Å². The van der Waals surface area contributed by atoms with Crippen molar-refractivity contribution in [2.75, 3.05) is 10.2 Å². The Morgan fingerprint density at radius 3 is 2.52 bits per heavy atom. The average molecular weight is 427 g/mol. The fourth-order valence-electron chi connectivity index (χ4n) is 3.17. The van der Waals surface area contributed by atoms with Crippen molar-refractivity contribution in [2.24, 2.45) is 0 Å². The Labute approximate surface area is 176 Å². The van der Waals surface area contributed by atoms with Crippen LogP contribution in [0.2, 0.25) is 5.02 Å². The number of aryl methyl sites for hydroxylation is 1. The molecule has 7 heteroatoms. The second-order valence-corrected chi connectivity index (χ2v) is 8.00. The SMILES string of the molecule is Cc1cccc(NC2=C(c3cccs3)C(=O)N(c3ccc(F)c(Cl)c3)C2=O)c1C. The number of rotatable bonds is 4. The first kappa shape index (κ1) is 19.4. The number of benzene rings is 2. The number of carbonyl (C=O) groups is 2. The Morgan fingerprint density at radius 1 is 1.03 bits per heavy atom. The summed E-state index contributed by atoms with van der Waals surface area (Å²) in [5.41, 5.74) is 3.48. The smallest absolute Gasteiger partial charge is 0.282 e. The lowest BCUT2D eigenvalue weighted by Crippen LogP contribution is -2.32. The zero-order chi connectivity index (χ0) is 20.7. The quantitative estimate of drug-likeness (QED) is 0.556. The second-order valence-electron chi connectivity index (χ2n) is 6.64. The van der Waals surface area contributed by atoms with Crippen LogP contribution in [0.15, 0.2) is 59.6 Å². The number of nitrogens with zero attached hydrogens (tertiary/aromatic N) is 1. The van der Waals surface area contributed by atoms with Crippen LogP contribution in [-0.2, 0) is 9.59 Å². The summed E-state index contributed by atoms with van der Waals surface area (Å²) in [6.07, 6.45) is 0. The van der Waals surface area contributed by atoms with Crippen molar-refractivity contribution in [2.45, 2.75) is 13.8 Å². The van der Waals surface area contributed by atoms with Gasteiger partial charge in [0.15, 0.2) is 0 Å². The molecule has 1 aliphatic rings. The molecular weight excluding hydrogens is 411 g/mol. The summed E-state index contributed by atoms with van der Waals surface area (Å²) < 4.78 is 13.6. The van der Waals surface area contributed by atoms with Gasteiger partial charge < -0.3 is 5.32 Å². The van der Waals surface area contributed by atoms with Crippen LogP contribution in [0, 0.1) is 19.7 Å². The Morgan fingerprint density at radius 2 is 1.83 bits per heavy atom. The van der Waals surface area contributed by atoms with E-state index >= 15 is 0 Å². The number of imide groups is 1. The summed E-state index contributed by atoms with van der Waals surface area (Å²) >= 11 is 7.24. The van der Waals surface area contributed by atoms with Gasteiger partial charge in [0.2, 0.25) is 0 Å². The fourth-order valence-corrected chi connectivity index (χ4v) is 4.12. The molecule has 0 fully saturated rings. The molecule has 3 aromatic rings. The zero-order valence-corrected chi connectivity index (χ0v) is 17.2. The molecular formula is C22H16ClFN2O2S. The molecule has 1 N–H and O–H groups in total. The van der Waals surface area contributed by atoms with E-state index in [0.717, 1.165) is 27.8 Å². The van der Waals surface area contributed by atoms with E-state index in [0.29, 0.717) is 4.88 Å². The molecule has 2 amide bonds. The number of nitrogens with one attached hydrogen (secondary N) is 1. The van der Waals surface area contributed by atoms with Gasteiger partial charge in [-0.15, -0.1) is 11.3 Å². The van der Waals surface area contributed by atoms with Crippen molar-refractivity contribution in [1.29, 1.82) is 0 Å². The third kappa shape index (κ3) is 3.34. The predicted molar refractivity (Wildman–Crippen MR) is 115 cm³/mol. The highest BCUT2D eigenvalue weighted by molar-refractivity contribution is 7.11. The van der Waals surface area contributed by atoms with Gasteiger partial charge in [-0.2, -0.15) is 0 Å². The number of hydrogen-bond acceptors (Lipinski definition) is 4. The largest absolute Gasteiger partial charge is 0.350 e. The molecule has 1 aliphatic heterocycles. The number of carbonyl (C=O) groups excluding carboxylic acids is 2. The van der Waals surface area contributed by atoms with Gasteiger partial charge in [-0.05, 0) is 60.7 Å². The summed E-state index contributed by atoms with van der Waals surface area (Å²) in [6.45, 7) is 3.92. The highest BCUT2D eigenvalue weighted by Crippen LogP contribution is 2.37. The highest BCUT2D eigenvalue weighted by atomic mass is 35.5. The van der Waals surface area contributed by atoms with E-state index in [-0.39, 0.29) is 22.0 Å². The number of amides is 2. The van der Waals surface area contributed by atoms with Crippen molar-refractivity contribution < 1.29 is 14.0 Å². The van der Waals surface area contributed by atoms with Crippen molar-refractivity contribution in [3.05, 3.63) is 86.5 Å². The predicted octanol–water partition coefficient (Wildman–Crippen LogP) is 5.55. The molecule has 0 saturated heterocycles. The van der Waals surface area contributed by atoms with E-state index in [9.17, 15) is 14.0 Å². The summed E-state index contributed by atoms with van der Waals surface area (Å²) in [5.74, 6) is -1.61. The zero-order valence-electron chi connectivity index (χ0n) is 15.6. The number of hydrogen-bond donors (Lipinski definition) is 1. The van der Waals surface area contributed by atoms with Gasteiger partial charge in [0.05, 0.1) is 16.3 Å². The van der Waals surface area contributed by atoms with Crippen LogP contribution in [-0.4, -0.2) is 11.8 Å². The molecule has 0 atom stereocenters. The maximum Gasteiger partial charge on any atom is 0.282 e. The molecule has 2 heterocycles. The van der Waals surface area contributed by atoms with Crippen LogP contribution < -0.4 is 10.2 Å². The van der Waals surface area contributed by atoms with Gasteiger partial charge in [0, 0.05) is 10.6 Å². The first-order valence-electron chi connectivity index (χ1n) is 8.83. The second kappa shape index (κ2) is 7.46.